The fraction of sp³-hybridized carbons (Fsp3) is 0.786. The number of hydrogen-bond acceptors (Lipinski definition) is 4. The molecule has 0 saturated heterocycles. The number of nitrogens with one attached hydrogen (secondary N) is 2. The molecule has 0 saturated carbocycles. The van der Waals surface area contributed by atoms with E-state index >= 15 is 0 Å². The highest BCUT2D eigenvalue weighted by molar-refractivity contribution is 5.76. The van der Waals surface area contributed by atoms with Crippen molar-refractivity contribution >= 4 is 5.91 Å². The molecule has 0 aromatic carbocycles. The lowest BCUT2D eigenvalue weighted by Gasteiger charge is -2.17. The molecule has 0 aliphatic rings. The Hall–Kier alpha value is -1.43. The van der Waals surface area contributed by atoms with Gasteiger partial charge in [0.2, 0.25) is 5.91 Å². The summed E-state index contributed by atoms with van der Waals surface area (Å²) in [6, 6.07) is 0. The Bertz CT molecular complexity index is 419. The van der Waals surface area contributed by atoms with Crippen molar-refractivity contribution in [1.29, 1.82) is 0 Å². The average Bonchev–Trinajstić information content (AvgIpc) is 2.80. The summed E-state index contributed by atoms with van der Waals surface area (Å²) in [6.07, 6.45) is 2.42. The average molecular weight is 281 g/mol. The van der Waals surface area contributed by atoms with Crippen LogP contribution in [0.2, 0.25) is 0 Å². The Morgan fingerprint density at radius 3 is 2.65 bits per heavy atom. The molecule has 1 rings (SSSR count). The Balaban J connectivity index is 2.21. The van der Waals surface area contributed by atoms with E-state index in [9.17, 15) is 4.79 Å². The van der Waals surface area contributed by atoms with Crippen molar-refractivity contribution in [2.75, 3.05) is 13.1 Å². The summed E-state index contributed by atoms with van der Waals surface area (Å²) in [5.74, 6) is 0.573. The predicted molar refractivity (Wildman–Crippen MR) is 79.2 cm³/mol. The summed E-state index contributed by atoms with van der Waals surface area (Å²) < 4.78 is 1.85. The Morgan fingerprint density at radius 2 is 2.10 bits per heavy atom. The van der Waals surface area contributed by atoms with E-state index in [0.29, 0.717) is 25.4 Å². The number of carbonyl (C=O) groups is 1. The third-order valence-corrected chi connectivity index (χ3v) is 2.77. The Labute approximate surface area is 121 Å². The van der Waals surface area contributed by atoms with Crippen LogP contribution in [0.5, 0.6) is 0 Å². The summed E-state index contributed by atoms with van der Waals surface area (Å²) in [5, 5.41) is 14.3. The van der Waals surface area contributed by atoms with Crippen LogP contribution in [0.4, 0.5) is 0 Å². The third kappa shape index (κ3) is 6.14. The predicted octanol–water partition coefficient (Wildman–Crippen LogP) is 1.28. The zero-order valence-electron chi connectivity index (χ0n) is 13.2. The zero-order chi connectivity index (χ0) is 15.2. The van der Waals surface area contributed by atoms with Gasteiger partial charge in [-0.25, -0.2) is 4.68 Å². The van der Waals surface area contributed by atoms with Gasteiger partial charge in [-0.2, -0.15) is 0 Å². The van der Waals surface area contributed by atoms with Crippen LogP contribution in [0.15, 0.2) is 6.20 Å². The molecule has 6 nitrogen and oxygen atoms in total. The highest BCUT2D eigenvalue weighted by Crippen LogP contribution is 2.11. The lowest BCUT2D eigenvalue weighted by Crippen LogP contribution is -2.30. The van der Waals surface area contributed by atoms with Crippen molar-refractivity contribution in [3.63, 3.8) is 0 Å². The molecule has 0 radical (unpaired) electrons. The molecule has 2 N–H and O–H groups in total. The zero-order valence-corrected chi connectivity index (χ0v) is 13.2. The van der Waals surface area contributed by atoms with Gasteiger partial charge >= 0.3 is 0 Å². The molecule has 114 valence electrons. The fourth-order valence-electron chi connectivity index (χ4n) is 1.53. The maximum Gasteiger partial charge on any atom is 0.221 e. The van der Waals surface area contributed by atoms with Crippen molar-refractivity contribution in [1.82, 2.24) is 25.6 Å². The van der Waals surface area contributed by atoms with Crippen LogP contribution in [0.25, 0.3) is 0 Å². The molecule has 20 heavy (non-hydrogen) atoms. The summed E-state index contributed by atoms with van der Waals surface area (Å²) in [6.45, 7) is 12.4. The first-order valence-corrected chi connectivity index (χ1v) is 7.18. The first-order chi connectivity index (χ1) is 9.29. The maximum absolute atomic E-state index is 11.5. The monoisotopic (exact) mass is 281 g/mol. The Morgan fingerprint density at radius 1 is 1.40 bits per heavy atom. The minimum atomic E-state index is -0.0536. The SMILES string of the molecule is CC(C)CNC(=O)CCNCc1cn(C(C)(C)C)nn1. The number of amides is 1. The Kier molecular flexibility index (Phi) is 6.13. The maximum atomic E-state index is 11.5. The second-order valence-electron chi connectivity index (χ2n) is 6.45. The molecule has 0 aliphatic heterocycles. The van der Waals surface area contributed by atoms with Crippen LogP contribution in [0, 0.1) is 5.92 Å². The van der Waals surface area contributed by atoms with Gasteiger partial charge in [0.1, 0.15) is 0 Å². The van der Waals surface area contributed by atoms with Gasteiger partial charge in [-0.05, 0) is 26.7 Å². The highest BCUT2D eigenvalue weighted by Gasteiger charge is 2.14. The van der Waals surface area contributed by atoms with Gasteiger partial charge in [-0.15, -0.1) is 5.10 Å². The van der Waals surface area contributed by atoms with Crippen molar-refractivity contribution in [2.24, 2.45) is 5.92 Å². The van der Waals surface area contributed by atoms with Gasteiger partial charge in [-0.1, -0.05) is 19.1 Å². The number of nitrogens with zero attached hydrogens (tertiary/aromatic N) is 3. The largest absolute Gasteiger partial charge is 0.356 e. The van der Waals surface area contributed by atoms with E-state index in [0.717, 1.165) is 12.2 Å². The van der Waals surface area contributed by atoms with Crippen LogP contribution < -0.4 is 10.6 Å². The molecule has 1 aromatic rings. The van der Waals surface area contributed by atoms with Gasteiger partial charge in [0, 0.05) is 26.1 Å². The second-order valence-corrected chi connectivity index (χ2v) is 6.45. The van der Waals surface area contributed by atoms with Crippen LogP contribution in [0.1, 0.15) is 46.7 Å². The molecule has 0 bridgehead atoms. The summed E-state index contributed by atoms with van der Waals surface area (Å²) >= 11 is 0. The summed E-state index contributed by atoms with van der Waals surface area (Å²) in [4.78, 5) is 11.5. The molecule has 0 fully saturated rings. The fourth-order valence-corrected chi connectivity index (χ4v) is 1.53. The quantitative estimate of drug-likeness (QED) is 0.739. The molecule has 0 aliphatic carbocycles. The summed E-state index contributed by atoms with van der Waals surface area (Å²) in [5.41, 5.74) is 0.838. The van der Waals surface area contributed by atoms with Gasteiger partial charge < -0.3 is 10.6 Å². The highest BCUT2D eigenvalue weighted by atomic mass is 16.1. The van der Waals surface area contributed by atoms with E-state index in [4.69, 9.17) is 0 Å². The number of carbonyl (C=O) groups excluding carboxylic acids is 1. The van der Waals surface area contributed by atoms with Gasteiger partial charge in [0.05, 0.1) is 17.4 Å². The van der Waals surface area contributed by atoms with E-state index in [2.05, 4.69) is 55.6 Å². The third-order valence-electron chi connectivity index (χ3n) is 2.77. The normalized spacial score (nSPS) is 11.9. The topological polar surface area (TPSA) is 71.8 Å². The molecule has 1 aromatic heterocycles. The van der Waals surface area contributed by atoms with Gasteiger partial charge in [0.25, 0.3) is 0 Å². The smallest absolute Gasteiger partial charge is 0.221 e. The molecule has 0 unspecified atom stereocenters. The van der Waals surface area contributed by atoms with E-state index in [1.165, 1.54) is 0 Å². The molecule has 1 amide bonds. The minimum Gasteiger partial charge on any atom is -0.356 e. The standard InChI is InChI=1S/C14H27N5O/c1-11(2)8-16-13(20)6-7-15-9-12-10-19(18-17-12)14(3,4)5/h10-11,15H,6-9H2,1-5H3,(H,16,20). The molecule has 0 atom stereocenters. The van der Waals surface area contributed by atoms with Crippen LogP contribution in [-0.4, -0.2) is 34.0 Å². The lowest BCUT2D eigenvalue weighted by molar-refractivity contribution is -0.121. The van der Waals surface area contributed by atoms with Gasteiger partial charge in [-0.3, -0.25) is 4.79 Å². The van der Waals surface area contributed by atoms with Crippen LogP contribution >= 0.6 is 0 Å². The first kappa shape index (κ1) is 16.6. The van der Waals surface area contributed by atoms with E-state index in [1.807, 2.05) is 10.9 Å². The first-order valence-electron chi connectivity index (χ1n) is 7.18. The minimum absolute atomic E-state index is 0.0536. The molecule has 1 heterocycles. The van der Waals surface area contributed by atoms with Crippen molar-refractivity contribution in [3.8, 4) is 0 Å². The second kappa shape index (κ2) is 7.38. The van der Waals surface area contributed by atoms with E-state index < -0.39 is 0 Å². The number of rotatable bonds is 7. The molecule has 0 spiro atoms. The van der Waals surface area contributed by atoms with Crippen molar-refractivity contribution < 1.29 is 4.79 Å². The van der Waals surface area contributed by atoms with Crippen LogP contribution in [-0.2, 0) is 16.9 Å². The number of aromatic nitrogens is 3. The molecular weight excluding hydrogens is 254 g/mol. The molecular formula is C14H27N5O. The number of hydrogen-bond donors (Lipinski definition) is 2. The van der Waals surface area contributed by atoms with Crippen molar-refractivity contribution in [2.45, 2.75) is 53.1 Å². The van der Waals surface area contributed by atoms with E-state index in [-0.39, 0.29) is 11.4 Å². The van der Waals surface area contributed by atoms with E-state index in [1.54, 1.807) is 0 Å². The summed E-state index contributed by atoms with van der Waals surface area (Å²) in [7, 11) is 0. The van der Waals surface area contributed by atoms with Crippen molar-refractivity contribution in [3.05, 3.63) is 11.9 Å². The lowest BCUT2D eigenvalue weighted by atomic mass is 10.1. The van der Waals surface area contributed by atoms with Gasteiger partial charge in [0.15, 0.2) is 0 Å². The van der Waals surface area contributed by atoms with Crippen LogP contribution in [0.3, 0.4) is 0 Å². The molecule has 6 heteroatoms.